The van der Waals surface area contributed by atoms with Crippen LogP contribution in [0.25, 0.3) is 83.8 Å². The number of hydrogen-bond acceptors (Lipinski definition) is 4. The van der Waals surface area contributed by atoms with Gasteiger partial charge in [0, 0.05) is 35.6 Å². The van der Waals surface area contributed by atoms with Gasteiger partial charge in [-0.3, -0.25) is 15.0 Å². The summed E-state index contributed by atoms with van der Waals surface area (Å²) in [6.07, 6.45) is 5.50. The van der Waals surface area contributed by atoms with E-state index in [1.807, 2.05) is 48.7 Å². The van der Waals surface area contributed by atoms with Crippen LogP contribution >= 0.6 is 0 Å². The summed E-state index contributed by atoms with van der Waals surface area (Å²) in [7, 11) is 0. The van der Waals surface area contributed by atoms with Crippen molar-refractivity contribution in [1.29, 1.82) is 0 Å². The van der Waals surface area contributed by atoms with E-state index in [9.17, 15) is 0 Å². The van der Waals surface area contributed by atoms with Gasteiger partial charge < -0.3 is 4.57 Å². The first-order chi connectivity index (χ1) is 27.8. The fourth-order valence-electron chi connectivity index (χ4n) is 8.50. The molecule has 1 aliphatic rings. The van der Waals surface area contributed by atoms with Crippen LogP contribution in [-0.2, 0) is 0 Å². The summed E-state index contributed by atoms with van der Waals surface area (Å²) in [5, 5.41) is 1.12. The molecule has 5 nitrogen and oxygen atoms in total. The predicted molar refractivity (Wildman–Crippen MR) is 227 cm³/mol. The maximum atomic E-state index is 5.00. The van der Waals surface area contributed by atoms with Crippen molar-refractivity contribution in [3.05, 3.63) is 211 Å². The molecule has 1 atom stereocenters. The normalized spacial score (nSPS) is 13.2. The van der Waals surface area contributed by atoms with Crippen molar-refractivity contribution in [3.63, 3.8) is 0 Å². The van der Waals surface area contributed by atoms with E-state index in [-0.39, 0.29) is 5.92 Å². The highest BCUT2D eigenvalue weighted by Gasteiger charge is 2.30. The fourth-order valence-corrected chi connectivity index (χ4v) is 8.50. The van der Waals surface area contributed by atoms with E-state index >= 15 is 0 Å². The number of fused-ring (bicyclic) bond motifs is 6. The molecule has 0 bridgehead atoms. The summed E-state index contributed by atoms with van der Waals surface area (Å²) in [5.74, 6) is 0.197. The minimum atomic E-state index is 0.197. The SMILES string of the molecule is c1ccc(C2c3ccccc3-c3ccc(-c4ccc5c(c4)c4ncccc4n5-c4cccc(-c5cc(-c6ccccn6)nc(-c6ccccn6)c5)c4)cc32)cc1. The van der Waals surface area contributed by atoms with Gasteiger partial charge in [0.25, 0.3) is 0 Å². The van der Waals surface area contributed by atoms with Crippen molar-refractivity contribution in [2.24, 2.45) is 0 Å². The Morgan fingerprint density at radius 1 is 0.393 bits per heavy atom. The smallest absolute Gasteiger partial charge is 0.0963 e. The minimum absolute atomic E-state index is 0.197. The lowest BCUT2D eigenvalue weighted by atomic mass is 9.88. The van der Waals surface area contributed by atoms with Gasteiger partial charge in [-0.15, -0.1) is 0 Å². The van der Waals surface area contributed by atoms with Gasteiger partial charge in [0.15, 0.2) is 0 Å². The summed E-state index contributed by atoms with van der Waals surface area (Å²) in [4.78, 5) is 19.2. The first-order valence-corrected chi connectivity index (χ1v) is 18.9. The van der Waals surface area contributed by atoms with Crippen molar-refractivity contribution in [3.8, 4) is 61.8 Å². The maximum Gasteiger partial charge on any atom is 0.0963 e. The van der Waals surface area contributed by atoms with Crippen LogP contribution < -0.4 is 0 Å². The van der Waals surface area contributed by atoms with Gasteiger partial charge in [-0.1, -0.05) is 97.1 Å². The van der Waals surface area contributed by atoms with Crippen LogP contribution in [-0.4, -0.2) is 24.5 Å². The molecule has 1 unspecified atom stereocenters. The third kappa shape index (κ3) is 5.32. The number of rotatable bonds is 6. The molecular weight excluding hydrogens is 683 g/mol. The topological polar surface area (TPSA) is 56.5 Å². The average molecular weight is 716 g/mol. The molecule has 5 aromatic heterocycles. The van der Waals surface area contributed by atoms with Crippen LogP contribution in [0.2, 0.25) is 0 Å². The number of pyridine rings is 4. The molecule has 0 aliphatic heterocycles. The van der Waals surface area contributed by atoms with Gasteiger partial charge >= 0.3 is 0 Å². The van der Waals surface area contributed by atoms with Crippen molar-refractivity contribution in [2.45, 2.75) is 5.92 Å². The summed E-state index contributed by atoms with van der Waals surface area (Å²) >= 11 is 0. The first kappa shape index (κ1) is 32.0. The van der Waals surface area contributed by atoms with Crippen molar-refractivity contribution < 1.29 is 0 Å². The van der Waals surface area contributed by atoms with Gasteiger partial charge in [0.1, 0.15) is 0 Å². The molecule has 262 valence electrons. The van der Waals surface area contributed by atoms with Gasteiger partial charge in [0.2, 0.25) is 0 Å². The zero-order valence-corrected chi connectivity index (χ0v) is 30.3. The second-order valence-corrected chi connectivity index (χ2v) is 14.3. The minimum Gasteiger partial charge on any atom is -0.308 e. The lowest BCUT2D eigenvalue weighted by Gasteiger charge is -2.15. The molecule has 0 N–H and O–H groups in total. The molecular formula is C51H33N5. The van der Waals surface area contributed by atoms with Crippen molar-refractivity contribution in [1.82, 2.24) is 24.5 Å². The Kier molecular flexibility index (Phi) is 7.49. The van der Waals surface area contributed by atoms with Crippen LogP contribution in [0.3, 0.4) is 0 Å². The fraction of sp³-hybridized carbons (Fsp3) is 0.0196. The van der Waals surface area contributed by atoms with E-state index in [0.29, 0.717) is 0 Å². The Labute approximate surface area is 324 Å². The van der Waals surface area contributed by atoms with Gasteiger partial charge in [-0.25, -0.2) is 4.98 Å². The number of aromatic nitrogens is 5. The average Bonchev–Trinajstić information content (AvgIpc) is 3.79. The van der Waals surface area contributed by atoms with E-state index in [2.05, 4.69) is 148 Å². The standard InChI is InChI=1S/C51H33N5/c1-2-12-33(13-3-1)50-41-17-5-4-16-39(41)40-23-21-35(29-42(40)50)36-22-24-48-43(30-36)51-49(20-11-27-54-51)56(48)38-15-10-14-34(28-38)37-31-46(44-18-6-8-25-52-44)55-47(32-37)45-19-7-9-26-53-45/h1-32,50H. The molecule has 0 fully saturated rings. The highest BCUT2D eigenvalue weighted by Crippen LogP contribution is 2.49. The van der Waals surface area contributed by atoms with Gasteiger partial charge in [-0.2, -0.15) is 0 Å². The third-order valence-corrected chi connectivity index (χ3v) is 11.0. The van der Waals surface area contributed by atoms with E-state index in [1.54, 1.807) is 12.4 Å². The summed E-state index contributed by atoms with van der Waals surface area (Å²) in [6.45, 7) is 0. The molecule has 5 heteroatoms. The predicted octanol–water partition coefficient (Wildman–Crippen LogP) is 12.2. The molecule has 5 aromatic carbocycles. The van der Waals surface area contributed by atoms with Crippen LogP contribution in [0, 0.1) is 0 Å². The zero-order valence-electron chi connectivity index (χ0n) is 30.3. The molecule has 11 rings (SSSR count). The molecule has 5 heterocycles. The zero-order chi connectivity index (χ0) is 37.0. The largest absolute Gasteiger partial charge is 0.308 e. The lowest BCUT2D eigenvalue weighted by Crippen LogP contribution is -1.99. The van der Waals surface area contributed by atoms with Crippen molar-refractivity contribution in [2.75, 3.05) is 0 Å². The van der Waals surface area contributed by atoms with E-state index in [0.717, 1.165) is 61.5 Å². The molecule has 0 spiro atoms. The maximum absolute atomic E-state index is 5.00. The Bertz CT molecular complexity index is 3020. The number of nitrogens with zero attached hydrogens (tertiary/aromatic N) is 5. The monoisotopic (exact) mass is 715 g/mol. The number of hydrogen-bond donors (Lipinski definition) is 0. The van der Waals surface area contributed by atoms with Crippen LogP contribution in [0.4, 0.5) is 0 Å². The molecule has 56 heavy (non-hydrogen) atoms. The number of benzene rings is 5. The van der Waals surface area contributed by atoms with E-state index < -0.39 is 0 Å². The molecule has 1 aliphatic carbocycles. The van der Waals surface area contributed by atoms with Crippen LogP contribution in [0.1, 0.15) is 22.6 Å². The lowest BCUT2D eigenvalue weighted by molar-refractivity contribution is 1.02. The van der Waals surface area contributed by atoms with E-state index in [4.69, 9.17) is 9.97 Å². The molecule has 0 saturated heterocycles. The first-order valence-electron chi connectivity index (χ1n) is 18.9. The quantitative estimate of drug-likeness (QED) is 0.172. The molecule has 0 amide bonds. The van der Waals surface area contributed by atoms with Gasteiger partial charge in [0.05, 0.1) is 39.3 Å². The summed E-state index contributed by atoms with van der Waals surface area (Å²) < 4.78 is 2.33. The van der Waals surface area contributed by atoms with E-state index in [1.165, 1.54) is 38.9 Å². The van der Waals surface area contributed by atoms with Crippen LogP contribution in [0.15, 0.2) is 195 Å². The Balaban J connectivity index is 1.03. The highest BCUT2D eigenvalue weighted by atomic mass is 15.0. The Hall–Kier alpha value is -7.50. The Morgan fingerprint density at radius 2 is 1.07 bits per heavy atom. The third-order valence-electron chi connectivity index (χ3n) is 11.0. The van der Waals surface area contributed by atoms with Crippen LogP contribution in [0.5, 0.6) is 0 Å². The molecule has 10 aromatic rings. The molecule has 0 radical (unpaired) electrons. The second-order valence-electron chi connectivity index (χ2n) is 14.3. The van der Waals surface area contributed by atoms with Crippen molar-refractivity contribution >= 4 is 21.9 Å². The highest BCUT2D eigenvalue weighted by molar-refractivity contribution is 6.08. The molecule has 0 saturated carbocycles. The second kappa shape index (κ2) is 13.1. The van der Waals surface area contributed by atoms with Gasteiger partial charge in [-0.05, 0) is 129 Å². The summed E-state index contributed by atoms with van der Waals surface area (Å²) in [5.41, 5.74) is 18.6. The Morgan fingerprint density at radius 3 is 1.86 bits per heavy atom. The summed E-state index contributed by atoms with van der Waals surface area (Å²) in [6, 6.07) is 62.4.